The van der Waals surface area contributed by atoms with E-state index in [0.29, 0.717) is 6.42 Å². The maximum Gasteiger partial charge on any atom is 0.228 e. The highest BCUT2D eigenvalue weighted by atomic mass is 16.2. The van der Waals surface area contributed by atoms with Crippen LogP contribution in [0.5, 0.6) is 0 Å². The SMILES string of the molecule is CC(=O)N(C)C(=O)CCC(C)(C)C. The minimum atomic E-state index is -0.195. The zero-order chi connectivity index (χ0) is 10.6. The van der Waals surface area contributed by atoms with Gasteiger partial charge in [-0.3, -0.25) is 14.5 Å². The second-order valence-corrected chi connectivity index (χ2v) is 4.53. The Kier molecular flexibility index (Phi) is 4.11. The summed E-state index contributed by atoms with van der Waals surface area (Å²) in [6, 6.07) is 0. The van der Waals surface area contributed by atoms with Crippen molar-refractivity contribution in [1.29, 1.82) is 0 Å². The molecule has 0 aromatic carbocycles. The lowest BCUT2D eigenvalue weighted by Crippen LogP contribution is -2.31. The van der Waals surface area contributed by atoms with Crippen LogP contribution in [0.3, 0.4) is 0 Å². The number of rotatable bonds is 2. The topological polar surface area (TPSA) is 37.4 Å². The van der Waals surface area contributed by atoms with E-state index in [4.69, 9.17) is 0 Å². The van der Waals surface area contributed by atoms with E-state index in [-0.39, 0.29) is 17.2 Å². The van der Waals surface area contributed by atoms with Crippen LogP contribution in [-0.4, -0.2) is 23.8 Å². The first-order valence-corrected chi connectivity index (χ1v) is 4.51. The zero-order valence-corrected chi connectivity index (χ0v) is 9.18. The molecule has 0 spiro atoms. The molecule has 0 radical (unpaired) electrons. The largest absolute Gasteiger partial charge is 0.286 e. The highest BCUT2D eigenvalue weighted by Gasteiger charge is 2.16. The number of carbonyl (C=O) groups excluding carboxylic acids is 2. The molecule has 0 aromatic heterocycles. The summed E-state index contributed by atoms with van der Waals surface area (Å²) in [4.78, 5) is 23.3. The third kappa shape index (κ3) is 5.39. The van der Waals surface area contributed by atoms with Crippen molar-refractivity contribution in [2.75, 3.05) is 7.05 Å². The van der Waals surface area contributed by atoms with E-state index < -0.39 is 0 Å². The Labute approximate surface area is 80.1 Å². The Morgan fingerprint density at radius 1 is 1.23 bits per heavy atom. The summed E-state index contributed by atoms with van der Waals surface area (Å²) in [6.07, 6.45) is 1.25. The van der Waals surface area contributed by atoms with Crippen LogP contribution in [0.1, 0.15) is 40.5 Å². The van der Waals surface area contributed by atoms with Gasteiger partial charge in [0.2, 0.25) is 11.8 Å². The van der Waals surface area contributed by atoms with Crippen molar-refractivity contribution >= 4 is 11.8 Å². The highest BCUT2D eigenvalue weighted by molar-refractivity contribution is 5.93. The number of carbonyl (C=O) groups is 2. The maximum atomic E-state index is 11.3. The Morgan fingerprint density at radius 3 is 2.00 bits per heavy atom. The number of imide groups is 1. The van der Waals surface area contributed by atoms with Gasteiger partial charge in [0.15, 0.2) is 0 Å². The first kappa shape index (κ1) is 12.1. The van der Waals surface area contributed by atoms with Gasteiger partial charge in [-0.25, -0.2) is 0 Å². The summed E-state index contributed by atoms with van der Waals surface area (Å²) in [7, 11) is 1.52. The quantitative estimate of drug-likeness (QED) is 0.658. The van der Waals surface area contributed by atoms with Crippen molar-refractivity contribution in [3.63, 3.8) is 0 Å². The standard InChI is InChI=1S/C10H19NO2/c1-8(12)11(5)9(13)6-7-10(2,3)4/h6-7H2,1-5H3. The first-order valence-electron chi connectivity index (χ1n) is 4.51. The van der Waals surface area contributed by atoms with Gasteiger partial charge >= 0.3 is 0 Å². The van der Waals surface area contributed by atoms with Crippen molar-refractivity contribution < 1.29 is 9.59 Å². The summed E-state index contributed by atoms with van der Waals surface area (Å²) in [5, 5.41) is 0. The van der Waals surface area contributed by atoms with Crippen molar-refractivity contribution in [3.05, 3.63) is 0 Å². The molecular weight excluding hydrogens is 166 g/mol. The van der Waals surface area contributed by atoms with Gasteiger partial charge in [-0.05, 0) is 11.8 Å². The van der Waals surface area contributed by atoms with Crippen molar-refractivity contribution in [3.8, 4) is 0 Å². The van der Waals surface area contributed by atoms with Gasteiger partial charge in [-0.2, -0.15) is 0 Å². The molecule has 0 aliphatic heterocycles. The van der Waals surface area contributed by atoms with Gasteiger partial charge in [0.25, 0.3) is 0 Å². The molecule has 3 heteroatoms. The molecule has 3 nitrogen and oxygen atoms in total. The Balaban J connectivity index is 3.96. The maximum absolute atomic E-state index is 11.3. The summed E-state index contributed by atoms with van der Waals surface area (Å²) >= 11 is 0. The van der Waals surface area contributed by atoms with E-state index in [1.807, 2.05) is 0 Å². The fourth-order valence-corrected chi connectivity index (χ4v) is 0.825. The predicted octanol–water partition coefficient (Wildman–Crippen LogP) is 1.82. The molecule has 0 saturated heterocycles. The van der Waals surface area contributed by atoms with Crippen LogP contribution >= 0.6 is 0 Å². The van der Waals surface area contributed by atoms with Crippen molar-refractivity contribution in [2.24, 2.45) is 5.41 Å². The average molecular weight is 185 g/mol. The van der Waals surface area contributed by atoms with Crippen LogP contribution in [0.25, 0.3) is 0 Å². The van der Waals surface area contributed by atoms with Crippen LogP contribution < -0.4 is 0 Å². The molecule has 0 rings (SSSR count). The highest BCUT2D eigenvalue weighted by Crippen LogP contribution is 2.20. The zero-order valence-electron chi connectivity index (χ0n) is 9.18. The van der Waals surface area contributed by atoms with E-state index in [1.54, 1.807) is 0 Å². The second kappa shape index (κ2) is 4.40. The fourth-order valence-electron chi connectivity index (χ4n) is 0.825. The lowest BCUT2D eigenvalue weighted by molar-refractivity contribution is -0.142. The molecule has 0 aromatic rings. The van der Waals surface area contributed by atoms with Crippen molar-refractivity contribution in [1.82, 2.24) is 4.90 Å². The molecule has 76 valence electrons. The summed E-state index contributed by atoms with van der Waals surface area (Å²) in [6.45, 7) is 7.63. The summed E-state index contributed by atoms with van der Waals surface area (Å²) < 4.78 is 0. The van der Waals surface area contributed by atoms with Gasteiger partial charge in [-0.1, -0.05) is 20.8 Å². The van der Waals surface area contributed by atoms with Crippen LogP contribution in [0, 0.1) is 5.41 Å². The Hall–Kier alpha value is -0.860. The van der Waals surface area contributed by atoms with Gasteiger partial charge in [0.05, 0.1) is 0 Å². The number of hydrogen-bond donors (Lipinski definition) is 0. The van der Waals surface area contributed by atoms with Gasteiger partial charge in [0.1, 0.15) is 0 Å². The van der Waals surface area contributed by atoms with Crippen LogP contribution in [0.2, 0.25) is 0 Å². The molecule has 0 bridgehead atoms. The predicted molar refractivity (Wildman–Crippen MR) is 52.1 cm³/mol. The minimum Gasteiger partial charge on any atom is -0.286 e. The third-order valence-corrected chi connectivity index (χ3v) is 1.94. The molecule has 0 atom stereocenters. The number of nitrogens with zero attached hydrogens (tertiary/aromatic N) is 1. The summed E-state index contributed by atoms with van der Waals surface area (Å²) in [5.74, 6) is -0.290. The van der Waals surface area contributed by atoms with E-state index in [9.17, 15) is 9.59 Å². The third-order valence-electron chi connectivity index (χ3n) is 1.94. The smallest absolute Gasteiger partial charge is 0.228 e. The average Bonchev–Trinajstić information content (AvgIpc) is 1.97. The number of amides is 2. The Morgan fingerprint density at radius 2 is 1.69 bits per heavy atom. The normalized spacial score (nSPS) is 11.2. The molecular formula is C10H19NO2. The molecule has 2 amide bonds. The molecule has 0 unspecified atom stereocenters. The molecule has 0 N–H and O–H groups in total. The molecule has 0 heterocycles. The molecule has 0 fully saturated rings. The van der Waals surface area contributed by atoms with Gasteiger partial charge in [0, 0.05) is 20.4 Å². The lowest BCUT2D eigenvalue weighted by atomic mass is 9.90. The van der Waals surface area contributed by atoms with Crippen LogP contribution in [-0.2, 0) is 9.59 Å². The van der Waals surface area contributed by atoms with Crippen LogP contribution in [0.4, 0.5) is 0 Å². The monoisotopic (exact) mass is 185 g/mol. The fraction of sp³-hybridized carbons (Fsp3) is 0.800. The first-order chi connectivity index (χ1) is 5.74. The van der Waals surface area contributed by atoms with E-state index in [1.165, 1.54) is 18.9 Å². The van der Waals surface area contributed by atoms with E-state index in [2.05, 4.69) is 20.8 Å². The van der Waals surface area contributed by atoms with E-state index in [0.717, 1.165) is 6.42 Å². The van der Waals surface area contributed by atoms with Gasteiger partial charge < -0.3 is 0 Å². The molecule has 13 heavy (non-hydrogen) atoms. The van der Waals surface area contributed by atoms with Gasteiger partial charge in [-0.15, -0.1) is 0 Å². The summed E-state index contributed by atoms with van der Waals surface area (Å²) in [5.41, 5.74) is 0.146. The minimum absolute atomic E-state index is 0.0950. The van der Waals surface area contributed by atoms with Crippen molar-refractivity contribution in [2.45, 2.75) is 40.5 Å². The van der Waals surface area contributed by atoms with E-state index >= 15 is 0 Å². The number of hydrogen-bond acceptors (Lipinski definition) is 2. The van der Waals surface area contributed by atoms with Crippen LogP contribution in [0.15, 0.2) is 0 Å². The second-order valence-electron chi connectivity index (χ2n) is 4.53. The molecule has 0 aliphatic rings. The lowest BCUT2D eigenvalue weighted by Gasteiger charge is -2.19. The molecule has 0 aliphatic carbocycles. The Bertz CT molecular complexity index is 203. The molecule has 0 saturated carbocycles.